The maximum atomic E-state index is 11.8. The molecule has 92 valence electrons. The molecule has 0 heterocycles. The number of benzene rings is 1. The number of esters is 1. The molecule has 0 aromatic heterocycles. The largest absolute Gasteiger partial charge is 0.469 e. The number of nitrogen functional groups attached to an aromatic ring is 1. The van der Waals surface area contributed by atoms with Crippen molar-refractivity contribution in [2.75, 3.05) is 19.4 Å². The van der Waals surface area contributed by atoms with Crippen LogP contribution in [0.1, 0.15) is 22.3 Å². The van der Waals surface area contributed by atoms with Crippen molar-refractivity contribution in [3.63, 3.8) is 0 Å². The summed E-state index contributed by atoms with van der Waals surface area (Å²) in [5.74, 6) is -0.590. The second-order valence-electron chi connectivity index (χ2n) is 3.66. The molecular weight excluding hydrogens is 220 g/mol. The monoisotopic (exact) mass is 236 g/mol. The fourth-order valence-corrected chi connectivity index (χ4v) is 1.36. The molecule has 1 rings (SSSR count). The average Bonchev–Trinajstić information content (AvgIpc) is 2.31. The van der Waals surface area contributed by atoms with Gasteiger partial charge in [-0.05, 0) is 24.6 Å². The Labute approximate surface area is 99.9 Å². The average molecular weight is 236 g/mol. The Bertz CT molecular complexity index is 430. The number of ether oxygens (including phenoxy) is 1. The molecule has 0 saturated heterocycles. The van der Waals surface area contributed by atoms with Crippen molar-refractivity contribution in [1.29, 1.82) is 0 Å². The van der Waals surface area contributed by atoms with E-state index in [9.17, 15) is 9.59 Å². The molecule has 0 aliphatic carbocycles. The highest BCUT2D eigenvalue weighted by molar-refractivity contribution is 5.96. The molecule has 17 heavy (non-hydrogen) atoms. The van der Waals surface area contributed by atoms with Crippen LogP contribution in [0.4, 0.5) is 5.69 Å². The third-order valence-electron chi connectivity index (χ3n) is 2.35. The van der Waals surface area contributed by atoms with Crippen LogP contribution in [0, 0.1) is 6.92 Å². The Hall–Kier alpha value is -2.04. The lowest BCUT2D eigenvalue weighted by molar-refractivity contribution is -0.140. The van der Waals surface area contributed by atoms with E-state index in [0.29, 0.717) is 11.3 Å². The molecule has 0 aliphatic rings. The molecule has 0 fully saturated rings. The second kappa shape index (κ2) is 5.89. The van der Waals surface area contributed by atoms with E-state index in [-0.39, 0.29) is 24.8 Å². The van der Waals surface area contributed by atoms with Crippen LogP contribution in [0.5, 0.6) is 0 Å². The number of carbonyl (C=O) groups excluding carboxylic acids is 2. The number of methoxy groups -OCH3 is 1. The summed E-state index contributed by atoms with van der Waals surface area (Å²) < 4.78 is 4.47. The molecule has 0 spiro atoms. The summed E-state index contributed by atoms with van der Waals surface area (Å²) in [6, 6.07) is 5.13. The van der Waals surface area contributed by atoms with Gasteiger partial charge in [0.15, 0.2) is 0 Å². The maximum Gasteiger partial charge on any atom is 0.307 e. The van der Waals surface area contributed by atoms with E-state index < -0.39 is 0 Å². The predicted octanol–water partition coefficient (Wildman–Crippen LogP) is 0.870. The van der Waals surface area contributed by atoms with E-state index in [0.717, 1.165) is 5.56 Å². The molecule has 5 heteroatoms. The second-order valence-corrected chi connectivity index (χ2v) is 3.66. The molecular formula is C12H16N2O3. The first-order chi connectivity index (χ1) is 8.04. The van der Waals surface area contributed by atoms with Crippen molar-refractivity contribution in [3.05, 3.63) is 29.3 Å². The van der Waals surface area contributed by atoms with Crippen molar-refractivity contribution in [1.82, 2.24) is 5.32 Å². The third kappa shape index (κ3) is 3.79. The molecule has 1 amide bonds. The predicted molar refractivity (Wildman–Crippen MR) is 64.6 cm³/mol. The Balaban J connectivity index is 2.58. The smallest absolute Gasteiger partial charge is 0.307 e. The summed E-state index contributed by atoms with van der Waals surface area (Å²) in [7, 11) is 1.31. The van der Waals surface area contributed by atoms with Crippen LogP contribution in [0.25, 0.3) is 0 Å². The van der Waals surface area contributed by atoms with Gasteiger partial charge in [0.2, 0.25) is 0 Å². The van der Waals surface area contributed by atoms with Gasteiger partial charge >= 0.3 is 5.97 Å². The standard InChI is InChI=1S/C12H16N2O3/c1-8-3-4-9(13)7-10(8)12(16)14-6-5-11(15)17-2/h3-4,7H,5-6,13H2,1-2H3,(H,14,16). The number of carbonyl (C=O) groups is 2. The van der Waals surface area contributed by atoms with Crippen LogP contribution in [0.2, 0.25) is 0 Å². The van der Waals surface area contributed by atoms with E-state index in [2.05, 4.69) is 10.1 Å². The Kier molecular flexibility index (Phi) is 4.51. The van der Waals surface area contributed by atoms with Gasteiger partial charge in [-0.3, -0.25) is 9.59 Å². The van der Waals surface area contributed by atoms with Crippen molar-refractivity contribution < 1.29 is 14.3 Å². The van der Waals surface area contributed by atoms with Gasteiger partial charge in [0.25, 0.3) is 5.91 Å². The van der Waals surface area contributed by atoms with Gasteiger partial charge in [-0.1, -0.05) is 6.07 Å². The highest BCUT2D eigenvalue weighted by Gasteiger charge is 2.09. The van der Waals surface area contributed by atoms with E-state index >= 15 is 0 Å². The molecule has 1 aromatic rings. The summed E-state index contributed by atoms with van der Waals surface area (Å²) in [4.78, 5) is 22.6. The number of anilines is 1. The highest BCUT2D eigenvalue weighted by atomic mass is 16.5. The molecule has 0 bridgehead atoms. The van der Waals surface area contributed by atoms with Crippen LogP contribution < -0.4 is 11.1 Å². The van der Waals surface area contributed by atoms with Gasteiger partial charge in [0.1, 0.15) is 0 Å². The lowest BCUT2D eigenvalue weighted by Crippen LogP contribution is -2.27. The lowest BCUT2D eigenvalue weighted by Gasteiger charge is -2.07. The SMILES string of the molecule is COC(=O)CCNC(=O)c1cc(N)ccc1C. The van der Waals surface area contributed by atoms with Crippen LogP contribution >= 0.6 is 0 Å². The Morgan fingerprint density at radius 1 is 1.41 bits per heavy atom. The van der Waals surface area contributed by atoms with Gasteiger partial charge in [-0.25, -0.2) is 0 Å². The Morgan fingerprint density at radius 3 is 2.76 bits per heavy atom. The summed E-state index contributed by atoms with van der Waals surface area (Å²) >= 11 is 0. The summed E-state index contributed by atoms with van der Waals surface area (Å²) in [5, 5.41) is 2.64. The van der Waals surface area contributed by atoms with Crippen molar-refractivity contribution in [3.8, 4) is 0 Å². The molecule has 0 atom stereocenters. The summed E-state index contributed by atoms with van der Waals surface area (Å²) in [5.41, 5.74) is 7.51. The highest BCUT2D eigenvalue weighted by Crippen LogP contribution is 2.12. The van der Waals surface area contributed by atoms with Gasteiger partial charge in [-0.2, -0.15) is 0 Å². The van der Waals surface area contributed by atoms with Gasteiger partial charge in [0, 0.05) is 17.8 Å². The van der Waals surface area contributed by atoms with Gasteiger partial charge in [-0.15, -0.1) is 0 Å². The van der Waals surface area contributed by atoms with Crippen molar-refractivity contribution in [2.45, 2.75) is 13.3 Å². The first kappa shape index (κ1) is 13.0. The van der Waals surface area contributed by atoms with Crippen LogP contribution in [0.3, 0.4) is 0 Å². The minimum Gasteiger partial charge on any atom is -0.469 e. The number of rotatable bonds is 4. The van der Waals surface area contributed by atoms with E-state index in [4.69, 9.17) is 5.73 Å². The quantitative estimate of drug-likeness (QED) is 0.600. The molecule has 3 N–H and O–H groups in total. The Morgan fingerprint density at radius 2 is 2.12 bits per heavy atom. The zero-order valence-corrected chi connectivity index (χ0v) is 9.95. The van der Waals surface area contributed by atoms with E-state index in [1.807, 2.05) is 6.92 Å². The van der Waals surface area contributed by atoms with Crippen LogP contribution in [-0.2, 0) is 9.53 Å². The van der Waals surface area contributed by atoms with Crippen molar-refractivity contribution in [2.24, 2.45) is 0 Å². The number of hydrogen-bond acceptors (Lipinski definition) is 4. The molecule has 0 unspecified atom stereocenters. The van der Waals surface area contributed by atoms with Crippen LogP contribution in [0.15, 0.2) is 18.2 Å². The van der Waals surface area contributed by atoms with Crippen molar-refractivity contribution >= 4 is 17.6 Å². The van der Waals surface area contributed by atoms with Gasteiger partial charge in [0.05, 0.1) is 13.5 Å². The lowest BCUT2D eigenvalue weighted by atomic mass is 10.1. The topological polar surface area (TPSA) is 81.4 Å². The normalized spacial score (nSPS) is 9.76. The molecule has 5 nitrogen and oxygen atoms in total. The first-order valence-electron chi connectivity index (χ1n) is 5.25. The fraction of sp³-hybridized carbons (Fsp3) is 0.333. The van der Waals surface area contributed by atoms with E-state index in [1.165, 1.54) is 7.11 Å². The molecule has 0 radical (unpaired) electrons. The zero-order chi connectivity index (χ0) is 12.8. The van der Waals surface area contributed by atoms with Gasteiger partial charge < -0.3 is 15.8 Å². The first-order valence-corrected chi connectivity index (χ1v) is 5.25. The number of aryl methyl sites for hydroxylation is 1. The molecule has 1 aromatic carbocycles. The number of amides is 1. The summed E-state index contributed by atoms with van der Waals surface area (Å²) in [6.45, 7) is 2.08. The minimum atomic E-state index is -0.352. The van der Waals surface area contributed by atoms with E-state index in [1.54, 1.807) is 18.2 Å². The number of nitrogens with two attached hydrogens (primary N) is 1. The summed E-state index contributed by atoms with van der Waals surface area (Å²) in [6.07, 6.45) is 0.156. The zero-order valence-electron chi connectivity index (χ0n) is 9.95. The minimum absolute atomic E-state index is 0.156. The number of nitrogens with one attached hydrogen (secondary N) is 1. The molecule has 0 saturated carbocycles. The maximum absolute atomic E-state index is 11.8. The van der Waals surface area contributed by atoms with Crippen LogP contribution in [-0.4, -0.2) is 25.5 Å². The molecule has 0 aliphatic heterocycles. The third-order valence-corrected chi connectivity index (χ3v) is 2.35. The number of hydrogen-bond donors (Lipinski definition) is 2. The fourth-order valence-electron chi connectivity index (χ4n) is 1.36.